The highest BCUT2D eigenvalue weighted by Gasteiger charge is 2.23. The van der Waals surface area contributed by atoms with Crippen LogP contribution in [0.1, 0.15) is 30.1 Å². The molecule has 0 aliphatic carbocycles. The SMILES string of the molecule is CCOc1cc(C(=O)NC(CCC(=O)O)C(=O)O)ccc1-c1nc2[nH]nnc2c(=O)[nH]1. The molecule has 1 amide bonds. The molecule has 13 heteroatoms. The van der Waals surface area contributed by atoms with Crippen LogP contribution in [0.5, 0.6) is 5.75 Å². The van der Waals surface area contributed by atoms with Gasteiger partial charge in [0.2, 0.25) is 0 Å². The molecule has 2 aromatic heterocycles. The fourth-order valence-electron chi connectivity index (χ4n) is 2.79. The van der Waals surface area contributed by atoms with Crippen LogP contribution in [-0.4, -0.2) is 66.1 Å². The van der Waals surface area contributed by atoms with Crippen molar-refractivity contribution in [2.24, 2.45) is 0 Å². The van der Waals surface area contributed by atoms with E-state index in [-0.39, 0.29) is 41.3 Å². The number of hydrogen-bond donors (Lipinski definition) is 5. The molecule has 2 heterocycles. The number of H-pyrrole nitrogens is 2. The molecule has 0 aliphatic heterocycles. The molecule has 13 nitrogen and oxygen atoms in total. The largest absolute Gasteiger partial charge is 0.493 e. The zero-order valence-electron chi connectivity index (χ0n) is 16.2. The fraction of sp³-hybridized carbons (Fsp3) is 0.278. The number of carboxylic acids is 2. The summed E-state index contributed by atoms with van der Waals surface area (Å²) in [7, 11) is 0. The van der Waals surface area contributed by atoms with Crippen LogP contribution >= 0.6 is 0 Å². The lowest BCUT2D eigenvalue weighted by Gasteiger charge is -2.15. The smallest absolute Gasteiger partial charge is 0.326 e. The lowest BCUT2D eigenvalue weighted by atomic mass is 10.1. The average Bonchev–Trinajstić information content (AvgIpc) is 3.20. The van der Waals surface area contributed by atoms with Crippen LogP contribution in [0.3, 0.4) is 0 Å². The Balaban J connectivity index is 1.91. The van der Waals surface area contributed by atoms with Gasteiger partial charge in [-0.05, 0) is 31.5 Å². The van der Waals surface area contributed by atoms with Crippen molar-refractivity contribution in [2.75, 3.05) is 6.61 Å². The Hall–Kier alpha value is -4.29. The number of ether oxygens (including phenoxy) is 1. The summed E-state index contributed by atoms with van der Waals surface area (Å²) in [5.41, 5.74) is 0.165. The van der Waals surface area contributed by atoms with Gasteiger partial charge in [0, 0.05) is 12.0 Å². The predicted molar refractivity (Wildman–Crippen MR) is 105 cm³/mol. The summed E-state index contributed by atoms with van der Waals surface area (Å²) in [5, 5.41) is 29.9. The third kappa shape index (κ3) is 4.83. The molecular weight excluding hydrogens is 412 g/mol. The number of carbonyl (C=O) groups excluding carboxylic acids is 1. The Morgan fingerprint density at radius 1 is 1.26 bits per heavy atom. The molecule has 3 aromatic rings. The van der Waals surface area contributed by atoms with E-state index in [2.05, 4.69) is 30.7 Å². The first kappa shape index (κ1) is 21.4. The maximum Gasteiger partial charge on any atom is 0.326 e. The normalized spacial score (nSPS) is 11.8. The van der Waals surface area contributed by atoms with Crippen LogP contribution in [0.15, 0.2) is 23.0 Å². The molecule has 0 saturated carbocycles. The number of aliphatic carboxylic acids is 2. The van der Waals surface area contributed by atoms with Gasteiger partial charge in [0.15, 0.2) is 11.2 Å². The number of aromatic nitrogens is 5. The first-order valence-corrected chi connectivity index (χ1v) is 9.14. The van der Waals surface area contributed by atoms with Crippen molar-refractivity contribution in [3.63, 3.8) is 0 Å². The highest BCUT2D eigenvalue weighted by molar-refractivity contribution is 5.97. The third-order valence-corrected chi connectivity index (χ3v) is 4.25. The number of aromatic amines is 2. The van der Waals surface area contributed by atoms with E-state index in [4.69, 9.17) is 9.84 Å². The quantitative estimate of drug-likeness (QED) is 0.311. The molecule has 0 spiro atoms. The van der Waals surface area contributed by atoms with Crippen LogP contribution in [0.25, 0.3) is 22.6 Å². The Morgan fingerprint density at radius 2 is 2.03 bits per heavy atom. The van der Waals surface area contributed by atoms with E-state index in [1.54, 1.807) is 6.92 Å². The van der Waals surface area contributed by atoms with Crippen LogP contribution in [0.2, 0.25) is 0 Å². The second-order valence-electron chi connectivity index (χ2n) is 6.36. The minimum atomic E-state index is -1.37. The Labute approximate surface area is 173 Å². The van der Waals surface area contributed by atoms with E-state index in [0.717, 1.165) is 0 Å². The Morgan fingerprint density at radius 3 is 2.71 bits per heavy atom. The number of fused-ring (bicyclic) bond motifs is 1. The van der Waals surface area contributed by atoms with E-state index < -0.39 is 35.9 Å². The summed E-state index contributed by atoms with van der Waals surface area (Å²) in [6.07, 6.45) is -0.680. The van der Waals surface area contributed by atoms with Gasteiger partial charge in [-0.1, -0.05) is 5.21 Å². The molecule has 162 valence electrons. The summed E-state index contributed by atoms with van der Waals surface area (Å²) in [6.45, 7) is 1.97. The number of benzene rings is 1. The maximum absolute atomic E-state index is 12.5. The lowest BCUT2D eigenvalue weighted by molar-refractivity contribution is -0.140. The number of nitrogens with zero attached hydrogens (tertiary/aromatic N) is 3. The predicted octanol–water partition coefficient (Wildman–Crippen LogP) is 0.155. The van der Waals surface area contributed by atoms with Gasteiger partial charge in [0.1, 0.15) is 17.6 Å². The monoisotopic (exact) mass is 430 g/mol. The van der Waals surface area contributed by atoms with Gasteiger partial charge in [-0.25, -0.2) is 14.9 Å². The molecule has 1 atom stereocenters. The van der Waals surface area contributed by atoms with E-state index in [1.165, 1.54) is 18.2 Å². The van der Waals surface area contributed by atoms with Crippen molar-refractivity contribution in [3.8, 4) is 17.1 Å². The summed E-state index contributed by atoms with van der Waals surface area (Å²) in [5.74, 6) is -2.86. The van der Waals surface area contributed by atoms with Crippen LogP contribution in [0.4, 0.5) is 0 Å². The topological polar surface area (TPSA) is 200 Å². The van der Waals surface area contributed by atoms with Crippen molar-refractivity contribution >= 4 is 29.0 Å². The molecule has 0 fully saturated rings. The van der Waals surface area contributed by atoms with Gasteiger partial charge in [0.25, 0.3) is 11.5 Å². The molecular formula is C18H18N6O7. The van der Waals surface area contributed by atoms with Crippen molar-refractivity contribution in [1.29, 1.82) is 0 Å². The fourth-order valence-corrected chi connectivity index (χ4v) is 2.79. The number of rotatable bonds is 9. The van der Waals surface area contributed by atoms with E-state index in [1.807, 2.05) is 0 Å². The number of amides is 1. The molecule has 5 N–H and O–H groups in total. The second-order valence-corrected chi connectivity index (χ2v) is 6.36. The lowest BCUT2D eigenvalue weighted by Crippen LogP contribution is -2.41. The summed E-state index contributed by atoms with van der Waals surface area (Å²) in [6, 6.07) is 2.89. The van der Waals surface area contributed by atoms with Gasteiger partial charge in [0.05, 0.1) is 12.2 Å². The first-order chi connectivity index (χ1) is 14.8. The molecule has 1 aromatic carbocycles. The second kappa shape index (κ2) is 9.02. The van der Waals surface area contributed by atoms with Gasteiger partial charge in [-0.15, -0.1) is 5.10 Å². The van der Waals surface area contributed by atoms with Crippen molar-refractivity contribution in [2.45, 2.75) is 25.8 Å². The van der Waals surface area contributed by atoms with Crippen LogP contribution < -0.4 is 15.6 Å². The van der Waals surface area contributed by atoms with Gasteiger partial charge >= 0.3 is 11.9 Å². The zero-order valence-corrected chi connectivity index (χ0v) is 16.2. The third-order valence-electron chi connectivity index (χ3n) is 4.25. The number of carbonyl (C=O) groups is 3. The molecule has 0 bridgehead atoms. The molecule has 1 unspecified atom stereocenters. The number of carboxylic acid groups (broad SMARTS) is 2. The van der Waals surface area contributed by atoms with Gasteiger partial charge in [-0.3, -0.25) is 14.4 Å². The molecule has 3 rings (SSSR count). The van der Waals surface area contributed by atoms with Crippen molar-refractivity contribution < 1.29 is 29.3 Å². The molecule has 0 aliphatic rings. The highest BCUT2D eigenvalue weighted by atomic mass is 16.5. The summed E-state index contributed by atoms with van der Waals surface area (Å²) in [4.78, 5) is 53.5. The number of nitrogens with one attached hydrogen (secondary N) is 3. The van der Waals surface area contributed by atoms with Crippen LogP contribution in [-0.2, 0) is 9.59 Å². The van der Waals surface area contributed by atoms with E-state index in [9.17, 15) is 24.3 Å². The number of hydrogen-bond acceptors (Lipinski definition) is 8. The maximum atomic E-state index is 12.5. The van der Waals surface area contributed by atoms with E-state index in [0.29, 0.717) is 5.56 Å². The first-order valence-electron chi connectivity index (χ1n) is 9.14. The Kier molecular flexibility index (Phi) is 6.23. The Bertz CT molecular complexity index is 1200. The minimum Gasteiger partial charge on any atom is -0.493 e. The molecule has 31 heavy (non-hydrogen) atoms. The minimum absolute atomic E-state index is 0.0405. The van der Waals surface area contributed by atoms with Crippen molar-refractivity contribution in [1.82, 2.24) is 30.7 Å². The summed E-state index contributed by atoms with van der Waals surface area (Å²) < 4.78 is 5.57. The highest BCUT2D eigenvalue weighted by Crippen LogP contribution is 2.29. The average molecular weight is 430 g/mol. The summed E-state index contributed by atoms with van der Waals surface area (Å²) >= 11 is 0. The van der Waals surface area contributed by atoms with Gasteiger partial charge in [-0.2, -0.15) is 0 Å². The van der Waals surface area contributed by atoms with Crippen molar-refractivity contribution in [3.05, 3.63) is 34.1 Å². The zero-order chi connectivity index (χ0) is 22.5. The van der Waals surface area contributed by atoms with Crippen LogP contribution in [0, 0.1) is 0 Å². The molecule has 0 saturated heterocycles. The van der Waals surface area contributed by atoms with Gasteiger partial charge < -0.3 is 25.3 Å². The molecule has 0 radical (unpaired) electrons. The van der Waals surface area contributed by atoms with E-state index >= 15 is 0 Å². The standard InChI is InChI=1S/C18H18N6O7/c1-2-31-11-7-8(16(27)19-10(18(29)30)5-6-12(25)26)3-4-9(11)14-20-15-13(17(28)21-14)22-24-23-15/h3-4,7,10H,2,5-6H2,1H3,(H,19,27)(H,25,26)(H,29,30)(H2,20,21,22,23,24,28).